The lowest BCUT2D eigenvalue weighted by Gasteiger charge is -2.06. The topological polar surface area (TPSA) is 50.1 Å². The summed E-state index contributed by atoms with van der Waals surface area (Å²) in [5.41, 5.74) is -0.668. The van der Waals surface area contributed by atoms with Gasteiger partial charge < -0.3 is 4.74 Å². The first kappa shape index (κ1) is 10.6. The van der Waals surface area contributed by atoms with Crippen molar-refractivity contribution in [1.82, 2.24) is 0 Å². The second kappa shape index (κ2) is 3.60. The molecule has 82 valence electrons. The van der Waals surface area contributed by atoms with Gasteiger partial charge in [-0.15, -0.1) is 0 Å². The van der Waals surface area contributed by atoms with E-state index >= 15 is 0 Å². The van der Waals surface area contributed by atoms with E-state index in [0.29, 0.717) is 12.8 Å². The summed E-state index contributed by atoms with van der Waals surface area (Å²) in [6.45, 7) is 0. The van der Waals surface area contributed by atoms with E-state index in [2.05, 4.69) is 0 Å². The van der Waals surface area contributed by atoms with Gasteiger partial charge in [-0.2, -0.15) is 5.26 Å². The highest BCUT2D eigenvalue weighted by Crippen LogP contribution is 2.47. The number of carbonyl (C=O) groups is 1. The molecule has 0 radical (unpaired) electrons. The minimum atomic E-state index is -0.902. The summed E-state index contributed by atoms with van der Waals surface area (Å²) in [5.74, 6) is -0.781. The first-order valence-electron chi connectivity index (χ1n) is 4.92. The van der Waals surface area contributed by atoms with E-state index in [4.69, 9.17) is 10.00 Å². The van der Waals surface area contributed by atoms with Crippen LogP contribution in [-0.2, 0) is 0 Å². The molecule has 1 fully saturated rings. The summed E-state index contributed by atoms with van der Waals surface area (Å²) in [6, 6.07) is 6.01. The number of carbonyl (C=O) groups excluding carboxylic acids is 1. The van der Waals surface area contributed by atoms with Gasteiger partial charge in [0.1, 0.15) is 5.41 Å². The lowest BCUT2D eigenvalue weighted by Crippen LogP contribution is -2.14. The van der Waals surface area contributed by atoms with Gasteiger partial charge in [0.05, 0.1) is 13.2 Å². The molecule has 0 amide bonds. The maximum Gasteiger partial charge on any atom is 0.183 e. The van der Waals surface area contributed by atoms with Gasteiger partial charge in [-0.1, -0.05) is 0 Å². The fourth-order valence-electron chi connectivity index (χ4n) is 1.60. The zero-order valence-corrected chi connectivity index (χ0v) is 8.79. The number of methoxy groups -OCH3 is 1. The van der Waals surface area contributed by atoms with Crippen molar-refractivity contribution in [1.29, 1.82) is 5.26 Å². The fraction of sp³-hybridized carbons (Fsp3) is 0.333. The van der Waals surface area contributed by atoms with Crippen molar-refractivity contribution in [3.63, 3.8) is 0 Å². The number of nitrogens with zero attached hydrogens (tertiary/aromatic N) is 1. The number of Topliss-reactive ketones (excluding diaryl/α,β-unsaturated/α-hetero) is 1. The second-order valence-corrected chi connectivity index (χ2v) is 3.87. The van der Waals surface area contributed by atoms with Gasteiger partial charge in [0.2, 0.25) is 0 Å². The minimum Gasteiger partial charge on any atom is -0.494 e. The zero-order chi connectivity index (χ0) is 11.8. The Morgan fingerprint density at radius 3 is 2.69 bits per heavy atom. The molecule has 1 aromatic carbocycles. The summed E-state index contributed by atoms with van der Waals surface area (Å²) in [4.78, 5) is 11.9. The number of hydrogen-bond acceptors (Lipinski definition) is 3. The van der Waals surface area contributed by atoms with Crippen molar-refractivity contribution in [2.45, 2.75) is 12.8 Å². The van der Waals surface area contributed by atoms with Crippen LogP contribution in [0.1, 0.15) is 23.2 Å². The molecule has 1 saturated carbocycles. The number of ketones is 1. The molecule has 3 nitrogen and oxygen atoms in total. The SMILES string of the molecule is COc1ccc(C(=O)C2(C#N)CC2)cc1F. The van der Waals surface area contributed by atoms with Gasteiger partial charge in [-0.3, -0.25) is 4.79 Å². The lowest BCUT2D eigenvalue weighted by molar-refractivity contribution is 0.0934. The van der Waals surface area contributed by atoms with Crippen LogP contribution in [0.15, 0.2) is 18.2 Å². The molecule has 1 aliphatic carbocycles. The molecule has 0 atom stereocenters. The molecule has 16 heavy (non-hydrogen) atoms. The molecule has 0 aliphatic heterocycles. The van der Waals surface area contributed by atoms with Crippen LogP contribution in [0.4, 0.5) is 4.39 Å². The van der Waals surface area contributed by atoms with E-state index in [1.165, 1.54) is 19.2 Å². The van der Waals surface area contributed by atoms with Crippen LogP contribution in [-0.4, -0.2) is 12.9 Å². The quantitative estimate of drug-likeness (QED) is 0.733. The summed E-state index contributed by atoms with van der Waals surface area (Å²) in [5, 5.41) is 8.87. The first-order valence-corrected chi connectivity index (χ1v) is 4.92. The third kappa shape index (κ3) is 1.54. The van der Waals surface area contributed by atoms with Gasteiger partial charge in [0.15, 0.2) is 17.3 Å². The smallest absolute Gasteiger partial charge is 0.183 e. The Hall–Kier alpha value is -1.89. The normalized spacial score (nSPS) is 16.3. The van der Waals surface area contributed by atoms with E-state index in [0.717, 1.165) is 6.07 Å². The zero-order valence-electron chi connectivity index (χ0n) is 8.79. The highest BCUT2D eigenvalue weighted by Gasteiger charge is 2.50. The largest absolute Gasteiger partial charge is 0.494 e. The van der Waals surface area contributed by atoms with Gasteiger partial charge in [-0.05, 0) is 31.0 Å². The number of hydrogen-bond donors (Lipinski definition) is 0. The van der Waals surface area contributed by atoms with Gasteiger partial charge >= 0.3 is 0 Å². The van der Waals surface area contributed by atoms with E-state index in [9.17, 15) is 9.18 Å². The maximum absolute atomic E-state index is 13.4. The predicted molar refractivity (Wildman–Crippen MR) is 54.6 cm³/mol. The third-order valence-corrected chi connectivity index (χ3v) is 2.81. The van der Waals surface area contributed by atoms with Crippen LogP contribution in [0.3, 0.4) is 0 Å². The average molecular weight is 219 g/mol. The van der Waals surface area contributed by atoms with Crippen LogP contribution in [0, 0.1) is 22.6 Å². The Morgan fingerprint density at radius 1 is 1.56 bits per heavy atom. The van der Waals surface area contributed by atoms with E-state index in [1.807, 2.05) is 6.07 Å². The predicted octanol–water partition coefficient (Wildman–Crippen LogP) is 2.32. The van der Waals surface area contributed by atoms with Gasteiger partial charge in [-0.25, -0.2) is 4.39 Å². The number of nitriles is 1. The standard InChI is InChI=1S/C12H10FNO2/c1-16-10-3-2-8(6-9(10)13)11(15)12(7-14)4-5-12/h2-3,6H,4-5H2,1H3. The lowest BCUT2D eigenvalue weighted by atomic mass is 9.96. The molecule has 2 rings (SSSR count). The molecule has 0 N–H and O–H groups in total. The molecule has 0 bridgehead atoms. The van der Waals surface area contributed by atoms with Crippen molar-refractivity contribution in [2.24, 2.45) is 5.41 Å². The molecule has 0 unspecified atom stereocenters. The molecular weight excluding hydrogens is 209 g/mol. The van der Waals surface area contributed by atoms with Crippen LogP contribution in [0.25, 0.3) is 0 Å². The van der Waals surface area contributed by atoms with Crippen molar-refractivity contribution < 1.29 is 13.9 Å². The summed E-state index contributed by atoms with van der Waals surface area (Å²) < 4.78 is 18.1. The number of ether oxygens (including phenoxy) is 1. The molecule has 0 spiro atoms. The fourth-order valence-corrected chi connectivity index (χ4v) is 1.60. The molecular formula is C12H10FNO2. The summed E-state index contributed by atoms with van der Waals surface area (Å²) in [6.07, 6.45) is 1.13. The van der Waals surface area contributed by atoms with Crippen molar-refractivity contribution in [3.05, 3.63) is 29.6 Å². The van der Waals surface area contributed by atoms with Gasteiger partial charge in [0, 0.05) is 5.56 Å². The molecule has 1 aromatic rings. The Balaban J connectivity index is 2.33. The van der Waals surface area contributed by atoms with Crippen molar-refractivity contribution >= 4 is 5.78 Å². The van der Waals surface area contributed by atoms with Crippen LogP contribution < -0.4 is 4.74 Å². The summed E-state index contributed by atoms with van der Waals surface area (Å²) >= 11 is 0. The average Bonchev–Trinajstić information content (AvgIpc) is 3.09. The Labute approximate surface area is 92.4 Å². The number of rotatable bonds is 3. The minimum absolute atomic E-state index is 0.0957. The Bertz CT molecular complexity index is 486. The number of benzene rings is 1. The van der Waals surface area contributed by atoms with E-state index in [-0.39, 0.29) is 17.1 Å². The maximum atomic E-state index is 13.4. The van der Waals surface area contributed by atoms with Crippen LogP contribution >= 0.6 is 0 Å². The van der Waals surface area contributed by atoms with E-state index < -0.39 is 11.2 Å². The molecule has 0 aromatic heterocycles. The summed E-state index contributed by atoms with van der Waals surface area (Å²) in [7, 11) is 1.36. The van der Waals surface area contributed by atoms with Crippen molar-refractivity contribution in [2.75, 3.05) is 7.11 Å². The first-order chi connectivity index (χ1) is 7.63. The Kier molecular flexibility index (Phi) is 2.39. The molecule has 1 aliphatic rings. The van der Waals surface area contributed by atoms with Gasteiger partial charge in [0.25, 0.3) is 0 Å². The number of halogens is 1. The third-order valence-electron chi connectivity index (χ3n) is 2.81. The van der Waals surface area contributed by atoms with E-state index in [1.54, 1.807) is 0 Å². The molecule has 4 heteroatoms. The van der Waals surface area contributed by atoms with Crippen LogP contribution in [0.5, 0.6) is 5.75 Å². The Morgan fingerprint density at radius 2 is 2.25 bits per heavy atom. The second-order valence-electron chi connectivity index (χ2n) is 3.87. The monoisotopic (exact) mass is 219 g/mol. The molecule has 0 saturated heterocycles. The van der Waals surface area contributed by atoms with Crippen LogP contribution in [0.2, 0.25) is 0 Å². The molecule has 0 heterocycles. The highest BCUT2D eigenvalue weighted by atomic mass is 19.1. The highest BCUT2D eigenvalue weighted by molar-refractivity contribution is 6.04. The van der Waals surface area contributed by atoms with Crippen molar-refractivity contribution in [3.8, 4) is 11.8 Å².